The van der Waals surface area contributed by atoms with E-state index in [1.54, 1.807) is 5.32 Å². The summed E-state index contributed by atoms with van der Waals surface area (Å²) in [5, 5.41) is 2.31. The summed E-state index contributed by atoms with van der Waals surface area (Å²) >= 11 is 11.5. The minimum Gasteiger partial charge on any atom is -0.449 e. The molecule has 1 aromatic rings. The van der Waals surface area contributed by atoms with Crippen molar-refractivity contribution in [3.05, 3.63) is 33.8 Å². The molecule has 19 heavy (non-hydrogen) atoms. The fourth-order valence-electron chi connectivity index (χ4n) is 1.18. The molecule has 3 N–H and O–H groups in total. The maximum absolute atomic E-state index is 11.7. The molecule has 0 aliphatic heterocycles. The summed E-state index contributed by atoms with van der Waals surface area (Å²) in [6, 6.07) is 3.10. The van der Waals surface area contributed by atoms with Crippen LogP contribution in [0, 0.1) is 0 Å². The van der Waals surface area contributed by atoms with E-state index in [1.165, 1.54) is 25.1 Å². The molecule has 0 aromatic heterocycles. The minimum absolute atomic E-state index is 0.0937. The van der Waals surface area contributed by atoms with Crippen molar-refractivity contribution in [1.29, 1.82) is 0 Å². The van der Waals surface area contributed by atoms with Gasteiger partial charge in [-0.3, -0.25) is 10.1 Å². The van der Waals surface area contributed by atoms with Crippen molar-refractivity contribution in [3.63, 3.8) is 0 Å². The summed E-state index contributed by atoms with van der Waals surface area (Å²) in [6.07, 6.45) is -1.18. The number of benzene rings is 1. The number of rotatable bonds is 3. The van der Waals surface area contributed by atoms with E-state index in [9.17, 15) is 14.4 Å². The van der Waals surface area contributed by atoms with Gasteiger partial charge < -0.3 is 10.5 Å². The van der Waals surface area contributed by atoms with Crippen molar-refractivity contribution in [2.24, 2.45) is 5.73 Å². The van der Waals surface area contributed by atoms with E-state index >= 15 is 0 Å². The third kappa shape index (κ3) is 4.76. The van der Waals surface area contributed by atoms with Crippen LogP contribution in [0.4, 0.5) is 4.79 Å². The number of amides is 3. The lowest BCUT2D eigenvalue weighted by Gasteiger charge is -2.12. The first kappa shape index (κ1) is 15.3. The maximum Gasteiger partial charge on any atom is 0.339 e. The molecule has 0 aliphatic carbocycles. The Morgan fingerprint density at radius 3 is 2.21 bits per heavy atom. The molecule has 0 unspecified atom stereocenters. The molecule has 0 bridgehead atoms. The van der Waals surface area contributed by atoms with E-state index in [1.807, 2.05) is 0 Å². The highest BCUT2D eigenvalue weighted by Crippen LogP contribution is 2.19. The Hall–Kier alpha value is -1.79. The fraction of sp³-hybridized carbons (Fsp3) is 0.182. The summed E-state index contributed by atoms with van der Waals surface area (Å²) in [5.41, 5.74) is 4.86. The smallest absolute Gasteiger partial charge is 0.339 e. The van der Waals surface area contributed by atoms with E-state index in [0.29, 0.717) is 0 Å². The van der Waals surface area contributed by atoms with Crippen molar-refractivity contribution in [3.8, 4) is 0 Å². The number of halogens is 2. The van der Waals surface area contributed by atoms with Gasteiger partial charge in [-0.05, 0) is 25.1 Å². The predicted octanol–water partition coefficient (Wildman–Crippen LogP) is 1.73. The Balaban J connectivity index is 2.74. The number of hydrogen-bond donors (Lipinski definition) is 2. The van der Waals surface area contributed by atoms with Crippen LogP contribution >= 0.6 is 23.2 Å². The van der Waals surface area contributed by atoms with Crippen molar-refractivity contribution < 1.29 is 19.1 Å². The van der Waals surface area contributed by atoms with Crippen molar-refractivity contribution in [1.82, 2.24) is 5.32 Å². The SMILES string of the molecule is C[C@@H](OC(=O)c1cc(Cl)cc(Cl)c1)C(=O)NC(N)=O. The normalized spacial score (nSPS) is 11.5. The number of carbonyl (C=O) groups is 3. The first-order valence-electron chi connectivity index (χ1n) is 5.07. The number of ether oxygens (including phenoxy) is 1. The van der Waals surface area contributed by atoms with E-state index < -0.39 is 24.0 Å². The molecular weight excluding hydrogens is 295 g/mol. The van der Waals surface area contributed by atoms with Crippen LogP contribution < -0.4 is 11.1 Å². The minimum atomic E-state index is -1.18. The Labute approximate surface area is 118 Å². The van der Waals surface area contributed by atoms with Crippen LogP contribution in [0.25, 0.3) is 0 Å². The molecule has 0 saturated carbocycles. The summed E-state index contributed by atoms with van der Waals surface area (Å²) in [5.74, 6) is -1.62. The van der Waals surface area contributed by atoms with Gasteiger partial charge >= 0.3 is 12.0 Å². The Morgan fingerprint density at radius 2 is 1.74 bits per heavy atom. The standard InChI is InChI=1S/C11H10Cl2N2O4/c1-5(9(16)15-11(14)18)19-10(17)6-2-7(12)4-8(13)3-6/h2-5H,1H3,(H3,14,15,16,18)/t5-/m1/s1. The van der Waals surface area contributed by atoms with E-state index in [-0.39, 0.29) is 15.6 Å². The number of urea groups is 1. The van der Waals surface area contributed by atoms with Gasteiger partial charge in [-0.15, -0.1) is 0 Å². The van der Waals surface area contributed by atoms with Gasteiger partial charge in [-0.2, -0.15) is 0 Å². The zero-order valence-electron chi connectivity index (χ0n) is 9.78. The quantitative estimate of drug-likeness (QED) is 0.831. The summed E-state index contributed by atoms with van der Waals surface area (Å²) in [4.78, 5) is 33.5. The fourth-order valence-corrected chi connectivity index (χ4v) is 1.70. The van der Waals surface area contributed by atoms with Crippen molar-refractivity contribution in [2.75, 3.05) is 0 Å². The summed E-state index contributed by atoms with van der Waals surface area (Å²) in [7, 11) is 0. The number of imide groups is 1. The highest BCUT2D eigenvalue weighted by Gasteiger charge is 2.20. The second-order valence-corrected chi connectivity index (χ2v) is 4.43. The molecule has 1 atom stereocenters. The second kappa shape index (κ2) is 6.40. The zero-order chi connectivity index (χ0) is 14.6. The highest BCUT2D eigenvalue weighted by atomic mass is 35.5. The van der Waals surface area contributed by atoms with Gasteiger partial charge in [0.05, 0.1) is 5.56 Å². The molecule has 8 heteroatoms. The van der Waals surface area contributed by atoms with Crippen LogP contribution in [0.3, 0.4) is 0 Å². The number of nitrogens with two attached hydrogens (primary N) is 1. The molecule has 3 amide bonds. The van der Waals surface area contributed by atoms with Gasteiger partial charge in [-0.25, -0.2) is 9.59 Å². The third-order valence-electron chi connectivity index (χ3n) is 2.00. The lowest BCUT2D eigenvalue weighted by molar-refractivity contribution is -0.127. The molecule has 0 heterocycles. The average molecular weight is 305 g/mol. The van der Waals surface area contributed by atoms with Crippen molar-refractivity contribution in [2.45, 2.75) is 13.0 Å². The van der Waals surface area contributed by atoms with E-state index in [0.717, 1.165) is 0 Å². The Bertz CT molecular complexity index is 513. The lowest BCUT2D eigenvalue weighted by Crippen LogP contribution is -2.42. The van der Waals surface area contributed by atoms with Crippen LogP contribution in [-0.2, 0) is 9.53 Å². The zero-order valence-corrected chi connectivity index (χ0v) is 11.3. The molecule has 102 valence electrons. The topological polar surface area (TPSA) is 98.5 Å². The number of primary amides is 1. The average Bonchev–Trinajstić information content (AvgIpc) is 2.26. The van der Waals surface area contributed by atoms with Crippen LogP contribution in [0.5, 0.6) is 0 Å². The van der Waals surface area contributed by atoms with E-state index in [2.05, 4.69) is 0 Å². The van der Waals surface area contributed by atoms with Crippen LogP contribution in [-0.4, -0.2) is 24.0 Å². The van der Waals surface area contributed by atoms with Gasteiger partial charge in [0.2, 0.25) is 0 Å². The van der Waals surface area contributed by atoms with Gasteiger partial charge in [-0.1, -0.05) is 23.2 Å². The first-order chi connectivity index (χ1) is 8.79. The molecule has 0 radical (unpaired) electrons. The molecule has 0 saturated heterocycles. The number of carbonyl (C=O) groups excluding carboxylic acids is 3. The molecule has 6 nitrogen and oxygen atoms in total. The molecule has 1 rings (SSSR count). The Kier molecular flexibility index (Phi) is 5.14. The largest absolute Gasteiger partial charge is 0.449 e. The maximum atomic E-state index is 11.7. The van der Waals surface area contributed by atoms with Gasteiger partial charge in [0.1, 0.15) is 0 Å². The molecule has 0 aliphatic rings. The summed E-state index contributed by atoms with van der Waals surface area (Å²) in [6.45, 7) is 1.29. The molecule has 0 fully saturated rings. The van der Waals surface area contributed by atoms with Gasteiger partial charge in [0.25, 0.3) is 5.91 Å². The van der Waals surface area contributed by atoms with Crippen LogP contribution in [0.15, 0.2) is 18.2 Å². The van der Waals surface area contributed by atoms with Crippen molar-refractivity contribution >= 4 is 41.1 Å². The van der Waals surface area contributed by atoms with Gasteiger partial charge in [0.15, 0.2) is 6.10 Å². The van der Waals surface area contributed by atoms with E-state index in [4.69, 9.17) is 33.7 Å². The number of hydrogen-bond acceptors (Lipinski definition) is 4. The van der Waals surface area contributed by atoms with Gasteiger partial charge in [0, 0.05) is 10.0 Å². The van der Waals surface area contributed by atoms with Crippen LogP contribution in [0.1, 0.15) is 17.3 Å². The number of nitrogens with one attached hydrogen (secondary N) is 1. The summed E-state index contributed by atoms with van der Waals surface area (Å²) < 4.78 is 4.83. The highest BCUT2D eigenvalue weighted by molar-refractivity contribution is 6.35. The molecular formula is C11H10Cl2N2O4. The third-order valence-corrected chi connectivity index (χ3v) is 2.43. The molecule has 0 spiro atoms. The lowest BCUT2D eigenvalue weighted by atomic mass is 10.2. The molecule has 1 aromatic carbocycles. The predicted molar refractivity (Wildman–Crippen MR) is 69.1 cm³/mol. The second-order valence-electron chi connectivity index (χ2n) is 3.56. The number of esters is 1. The van der Waals surface area contributed by atoms with Crippen LogP contribution in [0.2, 0.25) is 10.0 Å². The first-order valence-corrected chi connectivity index (χ1v) is 5.82. The Morgan fingerprint density at radius 1 is 1.21 bits per heavy atom. The monoisotopic (exact) mass is 304 g/mol.